The summed E-state index contributed by atoms with van der Waals surface area (Å²) >= 11 is 0. The molecule has 2 N–H and O–H groups in total. The van der Waals surface area contributed by atoms with Crippen molar-refractivity contribution in [1.29, 1.82) is 0 Å². The highest BCUT2D eigenvalue weighted by Gasteiger charge is 2.22. The summed E-state index contributed by atoms with van der Waals surface area (Å²) in [4.78, 5) is 2.59. The quantitative estimate of drug-likeness (QED) is 0.883. The molecule has 1 aromatic carbocycles. The standard InChI is InChI=1S/C16H26N2/c1-3-15-9-4-5-10-18(15)12-16(17)14-8-6-7-13(2)11-14/h6-8,11,15-16H,3-5,9-10,12,17H2,1-2H3. The van der Waals surface area contributed by atoms with Gasteiger partial charge in [-0.15, -0.1) is 0 Å². The summed E-state index contributed by atoms with van der Waals surface area (Å²) < 4.78 is 0. The van der Waals surface area contributed by atoms with Crippen LogP contribution in [-0.4, -0.2) is 24.0 Å². The number of likely N-dealkylation sites (tertiary alicyclic amines) is 1. The van der Waals surface area contributed by atoms with Crippen LogP contribution in [0.5, 0.6) is 0 Å². The molecule has 0 aromatic heterocycles. The molecule has 0 saturated carbocycles. The summed E-state index contributed by atoms with van der Waals surface area (Å²) in [6.07, 6.45) is 5.31. The van der Waals surface area contributed by atoms with Gasteiger partial charge in [-0.05, 0) is 38.3 Å². The summed E-state index contributed by atoms with van der Waals surface area (Å²) in [7, 11) is 0. The van der Waals surface area contributed by atoms with E-state index in [0.717, 1.165) is 12.6 Å². The fourth-order valence-electron chi connectivity index (χ4n) is 3.02. The lowest BCUT2D eigenvalue weighted by molar-refractivity contribution is 0.136. The van der Waals surface area contributed by atoms with Crippen molar-refractivity contribution in [3.63, 3.8) is 0 Å². The first-order valence-corrected chi connectivity index (χ1v) is 7.27. The van der Waals surface area contributed by atoms with Crippen molar-refractivity contribution in [2.45, 2.75) is 51.6 Å². The average Bonchev–Trinajstić information content (AvgIpc) is 2.39. The maximum absolute atomic E-state index is 6.37. The first kappa shape index (κ1) is 13.6. The highest BCUT2D eigenvalue weighted by atomic mass is 15.2. The van der Waals surface area contributed by atoms with Crippen molar-refractivity contribution in [3.8, 4) is 0 Å². The molecule has 2 heteroatoms. The van der Waals surface area contributed by atoms with Crippen LogP contribution in [0.4, 0.5) is 0 Å². The minimum Gasteiger partial charge on any atom is -0.323 e. The van der Waals surface area contributed by atoms with Gasteiger partial charge in [-0.1, -0.05) is 43.2 Å². The molecule has 1 heterocycles. The summed E-state index contributed by atoms with van der Waals surface area (Å²) in [5.74, 6) is 0. The van der Waals surface area contributed by atoms with Crippen molar-refractivity contribution >= 4 is 0 Å². The van der Waals surface area contributed by atoms with Gasteiger partial charge in [-0.25, -0.2) is 0 Å². The largest absolute Gasteiger partial charge is 0.323 e. The van der Waals surface area contributed by atoms with Gasteiger partial charge in [0.15, 0.2) is 0 Å². The van der Waals surface area contributed by atoms with Crippen LogP contribution in [0.1, 0.15) is 49.8 Å². The molecule has 1 aliphatic heterocycles. The third-order valence-electron chi connectivity index (χ3n) is 4.12. The number of piperidine rings is 1. The molecule has 18 heavy (non-hydrogen) atoms. The maximum Gasteiger partial charge on any atom is 0.0424 e. The zero-order valence-electron chi connectivity index (χ0n) is 11.7. The Balaban J connectivity index is 1.99. The highest BCUT2D eigenvalue weighted by Crippen LogP contribution is 2.22. The smallest absolute Gasteiger partial charge is 0.0424 e. The third-order valence-corrected chi connectivity index (χ3v) is 4.12. The van der Waals surface area contributed by atoms with E-state index in [-0.39, 0.29) is 6.04 Å². The van der Waals surface area contributed by atoms with E-state index in [9.17, 15) is 0 Å². The fourth-order valence-corrected chi connectivity index (χ4v) is 3.02. The van der Waals surface area contributed by atoms with Crippen LogP contribution < -0.4 is 5.73 Å². The molecule has 0 spiro atoms. The van der Waals surface area contributed by atoms with Crippen LogP contribution in [0.2, 0.25) is 0 Å². The molecule has 100 valence electrons. The Morgan fingerprint density at radius 1 is 1.39 bits per heavy atom. The Labute approximate surface area is 111 Å². The SMILES string of the molecule is CCC1CCCCN1CC(N)c1cccc(C)c1. The molecule has 0 amide bonds. The van der Waals surface area contributed by atoms with E-state index < -0.39 is 0 Å². The summed E-state index contributed by atoms with van der Waals surface area (Å²) in [5.41, 5.74) is 8.94. The molecule has 1 aromatic rings. The lowest BCUT2D eigenvalue weighted by atomic mass is 9.97. The van der Waals surface area contributed by atoms with E-state index in [4.69, 9.17) is 5.73 Å². The Morgan fingerprint density at radius 2 is 2.22 bits per heavy atom. The Hall–Kier alpha value is -0.860. The van der Waals surface area contributed by atoms with Gasteiger partial charge in [0, 0.05) is 18.6 Å². The lowest BCUT2D eigenvalue weighted by Gasteiger charge is -2.36. The fraction of sp³-hybridized carbons (Fsp3) is 0.625. The van der Waals surface area contributed by atoms with Crippen molar-refractivity contribution < 1.29 is 0 Å². The van der Waals surface area contributed by atoms with Crippen LogP contribution in [0, 0.1) is 6.92 Å². The number of nitrogens with zero attached hydrogens (tertiary/aromatic N) is 1. The molecular formula is C16H26N2. The Kier molecular flexibility index (Phi) is 4.79. The molecule has 0 bridgehead atoms. The van der Waals surface area contributed by atoms with Crippen LogP contribution in [0.25, 0.3) is 0 Å². The first-order chi connectivity index (χ1) is 8.70. The Bertz CT molecular complexity index is 375. The van der Waals surface area contributed by atoms with Gasteiger partial charge in [-0.2, -0.15) is 0 Å². The predicted molar refractivity (Wildman–Crippen MR) is 77.6 cm³/mol. The van der Waals surface area contributed by atoms with Gasteiger partial charge in [0.1, 0.15) is 0 Å². The number of rotatable bonds is 4. The van der Waals surface area contributed by atoms with Crippen LogP contribution in [0.3, 0.4) is 0 Å². The second kappa shape index (κ2) is 6.35. The summed E-state index contributed by atoms with van der Waals surface area (Å²) in [5, 5.41) is 0. The van der Waals surface area contributed by atoms with Crippen molar-refractivity contribution in [3.05, 3.63) is 35.4 Å². The molecule has 1 fully saturated rings. The number of hydrogen-bond acceptors (Lipinski definition) is 2. The van der Waals surface area contributed by atoms with E-state index in [1.807, 2.05) is 0 Å². The first-order valence-electron chi connectivity index (χ1n) is 7.27. The van der Waals surface area contributed by atoms with Crippen LogP contribution in [-0.2, 0) is 0 Å². The van der Waals surface area contributed by atoms with Gasteiger partial charge in [-0.3, -0.25) is 4.90 Å². The monoisotopic (exact) mass is 246 g/mol. The molecule has 2 rings (SSSR count). The highest BCUT2D eigenvalue weighted by molar-refractivity contribution is 5.25. The van der Waals surface area contributed by atoms with Crippen molar-refractivity contribution in [1.82, 2.24) is 4.90 Å². The topological polar surface area (TPSA) is 29.3 Å². The van der Waals surface area contributed by atoms with E-state index in [1.165, 1.54) is 43.4 Å². The Morgan fingerprint density at radius 3 is 2.94 bits per heavy atom. The average molecular weight is 246 g/mol. The minimum absolute atomic E-state index is 0.150. The number of nitrogens with two attached hydrogens (primary N) is 1. The molecule has 1 aliphatic rings. The summed E-state index contributed by atoms with van der Waals surface area (Å²) in [6.45, 7) is 6.65. The number of aryl methyl sites for hydroxylation is 1. The van der Waals surface area contributed by atoms with Gasteiger partial charge < -0.3 is 5.73 Å². The van der Waals surface area contributed by atoms with Gasteiger partial charge >= 0.3 is 0 Å². The van der Waals surface area contributed by atoms with Crippen LogP contribution >= 0.6 is 0 Å². The molecule has 0 radical (unpaired) electrons. The maximum atomic E-state index is 6.37. The molecule has 2 unspecified atom stereocenters. The zero-order valence-corrected chi connectivity index (χ0v) is 11.7. The van der Waals surface area contributed by atoms with E-state index in [1.54, 1.807) is 0 Å². The normalized spacial score (nSPS) is 22.9. The van der Waals surface area contributed by atoms with E-state index in [2.05, 4.69) is 43.0 Å². The lowest BCUT2D eigenvalue weighted by Crippen LogP contribution is -2.43. The van der Waals surface area contributed by atoms with Gasteiger partial charge in [0.05, 0.1) is 0 Å². The molecule has 1 saturated heterocycles. The number of benzene rings is 1. The van der Waals surface area contributed by atoms with Crippen molar-refractivity contribution in [2.24, 2.45) is 5.73 Å². The van der Waals surface area contributed by atoms with E-state index in [0.29, 0.717) is 0 Å². The molecule has 2 nitrogen and oxygen atoms in total. The predicted octanol–water partition coefficient (Wildman–Crippen LogP) is 3.26. The second-order valence-corrected chi connectivity index (χ2v) is 5.57. The van der Waals surface area contributed by atoms with Gasteiger partial charge in [0.25, 0.3) is 0 Å². The third kappa shape index (κ3) is 3.33. The number of hydrogen-bond donors (Lipinski definition) is 1. The van der Waals surface area contributed by atoms with E-state index >= 15 is 0 Å². The zero-order chi connectivity index (χ0) is 13.0. The molecule has 2 atom stereocenters. The summed E-state index contributed by atoms with van der Waals surface area (Å²) in [6, 6.07) is 9.51. The van der Waals surface area contributed by atoms with Crippen molar-refractivity contribution in [2.75, 3.05) is 13.1 Å². The van der Waals surface area contributed by atoms with Crippen LogP contribution in [0.15, 0.2) is 24.3 Å². The van der Waals surface area contributed by atoms with Gasteiger partial charge in [0.2, 0.25) is 0 Å². The second-order valence-electron chi connectivity index (χ2n) is 5.57. The minimum atomic E-state index is 0.150. The molecular weight excluding hydrogens is 220 g/mol. The molecule has 0 aliphatic carbocycles.